The molecule has 0 aliphatic rings. The van der Waals surface area contributed by atoms with Gasteiger partial charge in [-0.25, -0.2) is 0 Å². The molecule has 0 aliphatic carbocycles. The summed E-state index contributed by atoms with van der Waals surface area (Å²) in [5.74, 6) is 0.0809. The van der Waals surface area contributed by atoms with Crippen molar-refractivity contribution < 1.29 is 9.90 Å². The maximum Gasteiger partial charge on any atom is 0.251 e. The van der Waals surface area contributed by atoms with Gasteiger partial charge in [0.2, 0.25) is 0 Å². The van der Waals surface area contributed by atoms with Gasteiger partial charge >= 0.3 is 0 Å². The monoisotopic (exact) mass is 312 g/mol. The Hall–Kier alpha value is -2.20. The van der Waals surface area contributed by atoms with Crippen LogP contribution in [-0.2, 0) is 0 Å². The van der Waals surface area contributed by atoms with Crippen molar-refractivity contribution in [3.05, 3.63) is 53.7 Å². The number of nitrogens with one attached hydrogen (secondary N) is 1. The van der Waals surface area contributed by atoms with Crippen molar-refractivity contribution in [3.63, 3.8) is 0 Å². The van der Waals surface area contributed by atoms with Crippen LogP contribution in [0.4, 0.5) is 0 Å². The Kier molecular flexibility index (Phi) is 5.88. The average molecular weight is 312 g/mol. The second-order valence-corrected chi connectivity index (χ2v) is 6.05. The van der Waals surface area contributed by atoms with Crippen LogP contribution in [0.1, 0.15) is 36.2 Å². The highest BCUT2D eigenvalue weighted by atomic mass is 16.3. The van der Waals surface area contributed by atoms with Crippen molar-refractivity contribution >= 4 is 5.91 Å². The number of carbonyl (C=O) groups is 1. The van der Waals surface area contributed by atoms with E-state index >= 15 is 0 Å². The third-order valence-electron chi connectivity index (χ3n) is 4.01. The van der Waals surface area contributed by atoms with Crippen molar-refractivity contribution in [2.45, 2.75) is 33.3 Å². The molecule has 0 spiro atoms. The van der Waals surface area contributed by atoms with Crippen molar-refractivity contribution in [2.24, 2.45) is 5.92 Å². The number of aromatic nitrogens is 1. The first kappa shape index (κ1) is 17.2. The first-order chi connectivity index (χ1) is 11.0. The maximum absolute atomic E-state index is 12.4. The van der Waals surface area contributed by atoms with Gasteiger partial charge in [-0.1, -0.05) is 32.0 Å². The Labute approximate surface area is 137 Å². The Morgan fingerprint density at radius 2 is 2.00 bits per heavy atom. The molecule has 0 bridgehead atoms. The lowest BCUT2D eigenvalue weighted by Crippen LogP contribution is -2.29. The molecule has 4 heteroatoms. The number of carbonyl (C=O) groups excluding carboxylic acids is 1. The summed E-state index contributed by atoms with van der Waals surface area (Å²) >= 11 is 0. The van der Waals surface area contributed by atoms with Crippen LogP contribution >= 0.6 is 0 Å². The number of benzene rings is 1. The standard InChI is InChI=1S/C19H24N2O2/c1-13(2)18(22)10-12-21-19(23)16-8-6-7-15(14(16)3)17-9-4-5-11-20-17/h4-9,11,13,18,22H,10,12H2,1-3H3,(H,21,23). The zero-order valence-corrected chi connectivity index (χ0v) is 13.9. The number of aliphatic hydroxyl groups is 1. The number of aliphatic hydroxyl groups excluding tert-OH is 1. The molecule has 1 atom stereocenters. The Balaban J connectivity index is 2.10. The number of hydrogen-bond donors (Lipinski definition) is 2. The van der Waals surface area contributed by atoms with E-state index in [9.17, 15) is 9.90 Å². The van der Waals surface area contributed by atoms with E-state index in [0.29, 0.717) is 18.5 Å². The zero-order valence-electron chi connectivity index (χ0n) is 13.9. The van der Waals surface area contributed by atoms with E-state index in [0.717, 1.165) is 16.8 Å². The summed E-state index contributed by atoms with van der Waals surface area (Å²) in [5.41, 5.74) is 3.37. The molecule has 23 heavy (non-hydrogen) atoms. The van der Waals surface area contributed by atoms with E-state index in [4.69, 9.17) is 0 Å². The molecule has 0 aliphatic heterocycles. The molecule has 0 saturated heterocycles. The highest BCUT2D eigenvalue weighted by molar-refractivity contribution is 5.97. The van der Waals surface area contributed by atoms with Gasteiger partial charge < -0.3 is 10.4 Å². The van der Waals surface area contributed by atoms with Crippen LogP contribution in [-0.4, -0.2) is 28.6 Å². The summed E-state index contributed by atoms with van der Waals surface area (Å²) in [4.78, 5) is 16.7. The molecule has 1 unspecified atom stereocenters. The fraction of sp³-hybridized carbons (Fsp3) is 0.368. The van der Waals surface area contributed by atoms with E-state index in [1.54, 1.807) is 6.20 Å². The zero-order chi connectivity index (χ0) is 16.8. The van der Waals surface area contributed by atoms with E-state index < -0.39 is 6.10 Å². The quantitative estimate of drug-likeness (QED) is 0.861. The molecule has 0 fully saturated rings. The smallest absolute Gasteiger partial charge is 0.251 e. The maximum atomic E-state index is 12.4. The predicted octanol–water partition coefficient (Wildman–Crippen LogP) is 3.19. The van der Waals surface area contributed by atoms with Crippen LogP contribution < -0.4 is 5.32 Å². The van der Waals surface area contributed by atoms with E-state index in [-0.39, 0.29) is 11.8 Å². The van der Waals surface area contributed by atoms with E-state index in [1.165, 1.54) is 0 Å². The minimum absolute atomic E-state index is 0.115. The minimum Gasteiger partial charge on any atom is -0.393 e. The molecular weight excluding hydrogens is 288 g/mol. The average Bonchev–Trinajstić information content (AvgIpc) is 2.55. The van der Waals surface area contributed by atoms with Crippen LogP contribution in [0.15, 0.2) is 42.6 Å². The lowest BCUT2D eigenvalue weighted by molar-refractivity contribution is 0.0919. The van der Waals surface area contributed by atoms with Gasteiger partial charge in [0.1, 0.15) is 0 Å². The van der Waals surface area contributed by atoms with Crippen LogP contribution in [0.5, 0.6) is 0 Å². The molecule has 1 heterocycles. The van der Waals surface area contributed by atoms with Crippen molar-refractivity contribution in [2.75, 3.05) is 6.54 Å². The van der Waals surface area contributed by atoms with Gasteiger partial charge in [0.15, 0.2) is 0 Å². The van der Waals surface area contributed by atoms with E-state index in [2.05, 4.69) is 10.3 Å². The Bertz CT molecular complexity index is 654. The van der Waals surface area contributed by atoms with Gasteiger partial charge in [-0.15, -0.1) is 0 Å². The van der Waals surface area contributed by atoms with Crippen LogP contribution in [0.3, 0.4) is 0 Å². The lowest BCUT2D eigenvalue weighted by Gasteiger charge is -2.15. The summed E-state index contributed by atoms with van der Waals surface area (Å²) in [7, 11) is 0. The molecule has 2 N–H and O–H groups in total. The fourth-order valence-corrected chi connectivity index (χ4v) is 2.44. The molecule has 2 aromatic rings. The molecule has 1 amide bonds. The van der Waals surface area contributed by atoms with E-state index in [1.807, 2.05) is 57.2 Å². The number of rotatable bonds is 6. The molecule has 2 rings (SSSR count). The minimum atomic E-state index is -0.392. The van der Waals surface area contributed by atoms with Crippen molar-refractivity contribution in [3.8, 4) is 11.3 Å². The number of nitrogens with zero attached hydrogens (tertiary/aromatic N) is 1. The van der Waals surface area contributed by atoms with Crippen molar-refractivity contribution in [1.29, 1.82) is 0 Å². The van der Waals surface area contributed by atoms with Crippen molar-refractivity contribution in [1.82, 2.24) is 10.3 Å². The second kappa shape index (κ2) is 7.88. The topological polar surface area (TPSA) is 62.2 Å². The summed E-state index contributed by atoms with van der Waals surface area (Å²) in [6.45, 7) is 6.33. The summed E-state index contributed by atoms with van der Waals surface area (Å²) < 4.78 is 0. The summed E-state index contributed by atoms with van der Waals surface area (Å²) in [6.07, 6.45) is 1.91. The second-order valence-electron chi connectivity index (χ2n) is 6.05. The van der Waals surface area contributed by atoms with Crippen LogP contribution in [0.25, 0.3) is 11.3 Å². The number of pyridine rings is 1. The number of amides is 1. The highest BCUT2D eigenvalue weighted by Gasteiger charge is 2.14. The van der Waals surface area contributed by atoms with Gasteiger partial charge in [-0.3, -0.25) is 9.78 Å². The van der Waals surface area contributed by atoms with Gasteiger partial charge in [0.05, 0.1) is 11.8 Å². The van der Waals surface area contributed by atoms with Crippen LogP contribution in [0, 0.1) is 12.8 Å². The normalized spacial score (nSPS) is 12.2. The largest absolute Gasteiger partial charge is 0.393 e. The predicted molar refractivity (Wildman–Crippen MR) is 92.2 cm³/mol. The van der Waals surface area contributed by atoms with Gasteiger partial charge in [0, 0.05) is 23.9 Å². The Morgan fingerprint density at radius 3 is 2.65 bits per heavy atom. The van der Waals surface area contributed by atoms with Gasteiger partial charge in [-0.2, -0.15) is 0 Å². The fourth-order valence-electron chi connectivity index (χ4n) is 2.44. The molecular formula is C19H24N2O2. The molecule has 1 aromatic carbocycles. The first-order valence-corrected chi connectivity index (χ1v) is 7.98. The van der Waals surface area contributed by atoms with Gasteiger partial charge in [0.25, 0.3) is 5.91 Å². The third-order valence-corrected chi connectivity index (χ3v) is 4.01. The number of hydrogen-bond acceptors (Lipinski definition) is 3. The highest BCUT2D eigenvalue weighted by Crippen LogP contribution is 2.23. The molecule has 4 nitrogen and oxygen atoms in total. The first-order valence-electron chi connectivity index (χ1n) is 7.98. The van der Waals surface area contributed by atoms with Gasteiger partial charge in [-0.05, 0) is 43.0 Å². The SMILES string of the molecule is Cc1c(C(=O)NCCC(O)C(C)C)cccc1-c1ccccn1. The summed E-state index contributed by atoms with van der Waals surface area (Å²) in [6, 6.07) is 11.4. The van der Waals surface area contributed by atoms with Crippen LogP contribution in [0.2, 0.25) is 0 Å². The molecule has 122 valence electrons. The molecule has 0 radical (unpaired) electrons. The molecule has 1 aromatic heterocycles. The molecule has 0 saturated carbocycles. The third kappa shape index (κ3) is 4.39. The summed E-state index contributed by atoms with van der Waals surface area (Å²) in [5, 5.41) is 12.7. The lowest BCUT2D eigenvalue weighted by atomic mass is 9.99. The Morgan fingerprint density at radius 1 is 1.22 bits per heavy atom.